The highest BCUT2D eigenvalue weighted by Gasteiger charge is 2.19. The number of nitriles is 1. The van der Waals surface area contributed by atoms with E-state index in [1.54, 1.807) is 18.2 Å². The Bertz CT molecular complexity index is 564. The number of hydrogen-bond donors (Lipinski definition) is 0. The summed E-state index contributed by atoms with van der Waals surface area (Å²) in [5, 5.41) is 8.31. The van der Waals surface area contributed by atoms with Crippen LogP contribution in [0, 0.1) is 23.1 Å². The number of halogens is 2. The van der Waals surface area contributed by atoms with Crippen LogP contribution in [0.15, 0.2) is 48.3 Å². The van der Waals surface area contributed by atoms with Crippen LogP contribution in [0.5, 0.6) is 0 Å². The Balaban J connectivity index is 1.71. The van der Waals surface area contributed by atoms with Crippen molar-refractivity contribution in [3.05, 3.63) is 59.7 Å². The van der Waals surface area contributed by atoms with Gasteiger partial charge in [0.1, 0.15) is 11.9 Å². The Morgan fingerprint density at radius 2 is 1.91 bits per heavy atom. The zero-order valence-corrected chi connectivity index (χ0v) is 12.3. The van der Waals surface area contributed by atoms with Gasteiger partial charge in [-0.1, -0.05) is 24.3 Å². The van der Waals surface area contributed by atoms with Crippen molar-refractivity contribution in [3.8, 4) is 6.07 Å². The Morgan fingerprint density at radius 3 is 2.55 bits per heavy atom. The van der Waals surface area contributed by atoms with E-state index in [1.807, 2.05) is 6.08 Å². The minimum Gasteiger partial charge on any atom is -0.374 e. The molecular weight excluding hydrogens is 284 g/mol. The number of nitrogens with zero attached hydrogens (tertiary/aromatic N) is 1. The van der Waals surface area contributed by atoms with Crippen LogP contribution in [0.1, 0.15) is 31.2 Å². The minimum absolute atomic E-state index is 0.223. The summed E-state index contributed by atoms with van der Waals surface area (Å²) >= 11 is 0. The molecule has 0 unspecified atom stereocenters. The first-order valence-electron chi connectivity index (χ1n) is 7.47. The molecule has 1 aromatic carbocycles. The van der Waals surface area contributed by atoms with Gasteiger partial charge in [0, 0.05) is 0 Å². The summed E-state index contributed by atoms with van der Waals surface area (Å²) in [4.78, 5) is 0. The molecule has 22 heavy (non-hydrogen) atoms. The Labute approximate surface area is 129 Å². The zero-order valence-electron chi connectivity index (χ0n) is 12.3. The molecule has 0 bridgehead atoms. The van der Waals surface area contributed by atoms with Gasteiger partial charge in [-0.25, -0.2) is 4.39 Å². The highest BCUT2D eigenvalue weighted by atomic mass is 19.1. The van der Waals surface area contributed by atoms with E-state index < -0.39 is 5.83 Å². The highest BCUT2D eigenvalue weighted by Crippen LogP contribution is 2.27. The van der Waals surface area contributed by atoms with Crippen LogP contribution in [0.3, 0.4) is 0 Å². The third-order valence-corrected chi connectivity index (χ3v) is 3.85. The van der Waals surface area contributed by atoms with Gasteiger partial charge < -0.3 is 4.74 Å². The maximum atomic E-state index is 12.8. The topological polar surface area (TPSA) is 33.0 Å². The average molecular weight is 303 g/mol. The van der Waals surface area contributed by atoms with E-state index in [4.69, 9.17) is 10.00 Å². The van der Waals surface area contributed by atoms with Crippen LogP contribution in [-0.2, 0) is 11.3 Å². The lowest BCUT2D eigenvalue weighted by Crippen LogP contribution is -2.20. The Hall–Kier alpha value is -1.99. The number of rotatable bonds is 5. The number of benzene rings is 1. The standard InChI is InChI=1S/C18H19F2NO/c19-16-8-4-15(5-9-16)13-22-18-10-6-14(7-11-18)2-1-3-17(20)12-21/h1-5,8-9,14,18H,6-7,10-11,13H2/t14-,18-. The molecular formula is C18H19F2NO. The van der Waals surface area contributed by atoms with Crippen molar-refractivity contribution in [2.75, 3.05) is 0 Å². The molecule has 1 fully saturated rings. The maximum absolute atomic E-state index is 12.8. The molecule has 116 valence electrons. The first-order chi connectivity index (χ1) is 10.7. The summed E-state index contributed by atoms with van der Waals surface area (Å²) in [7, 11) is 0. The van der Waals surface area contributed by atoms with Gasteiger partial charge in [0.2, 0.25) is 0 Å². The van der Waals surface area contributed by atoms with Crippen molar-refractivity contribution in [1.82, 2.24) is 0 Å². The lowest BCUT2D eigenvalue weighted by atomic mass is 9.87. The van der Waals surface area contributed by atoms with E-state index in [0.717, 1.165) is 31.2 Å². The second-order valence-corrected chi connectivity index (χ2v) is 5.49. The first-order valence-corrected chi connectivity index (χ1v) is 7.47. The van der Waals surface area contributed by atoms with Gasteiger partial charge in [-0.15, -0.1) is 0 Å². The molecule has 2 rings (SSSR count). The van der Waals surface area contributed by atoms with E-state index in [0.29, 0.717) is 12.5 Å². The van der Waals surface area contributed by atoms with Gasteiger partial charge in [-0.05, 0) is 55.4 Å². The second-order valence-electron chi connectivity index (χ2n) is 5.49. The summed E-state index contributed by atoms with van der Waals surface area (Å²) in [6, 6.07) is 7.79. The van der Waals surface area contributed by atoms with E-state index >= 15 is 0 Å². The highest BCUT2D eigenvalue weighted by molar-refractivity contribution is 5.19. The van der Waals surface area contributed by atoms with Crippen molar-refractivity contribution in [1.29, 1.82) is 5.26 Å². The van der Waals surface area contributed by atoms with Crippen LogP contribution < -0.4 is 0 Å². The van der Waals surface area contributed by atoms with Crippen molar-refractivity contribution in [3.63, 3.8) is 0 Å². The molecule has 0 aromatic heterocycles. The largest absolute Gasteiger partial charge is 0.374 e. The third kappa shape index (κ3) is 5.42. The molecule has 0 N–H and O–H groups in total. The molecule has 0 radical (unpaired) electrons. The normalized spacial score (nSPS) is 22.7. The fraction of sp³-hybridized carbons (Fsp3) is 0.389. The third-order valence-electron chi connectivity index (χ3n) is 3.85. The molecule has 0 heterocycles. The zero-order chi connectivity index (χ0) is 15.8. The van der Waals surface area contributed by atoms with Crippen LogP contribution in [0.2, 0.25) is 0 Å². The molecule has 0 amide bonds. The van der Waals surface area contributed by atoms with Gasteiger partial charge in [-0.2, -0.15) is 9.65 Å². The summed E-state index contributed by atoms with van der Waals surface area (Å²) in [6.07, 6.45) is 8.88. The summed E-state index contributed by atoms with van der Waals surface area (Å²) < 4.78 is 31.3. The predicted octanol–water partition coefficient (Wildman–Crippen LogP) is 4.83. The van der Waals surface area contributed by atoms with Crippen LogP contribution in [0.25, 0.3) is 0 Å². The van der Waals surface area contributed by atoms with Gasteiger partial charge in [0.15, 0.2) is 5.83 Å². The summed E-state index contributed by atoms with van der Waals surface area (Å²) in [6.45, 7) is 0.502. The molecule has 1 aliphatic carbocycles. The molecule has 1 aliphatic rings. The number of ether oxygens (including phenoxy) is 1. The molecule has 0 spiro atoms. The SMILES string of the molecule is N#CC(F)=CC=C[C@H]1CC[C@H](OCc2ccc(F)cc2)CC1. The monoisotopic (exact) mass is 303 g/mol. The fourth-order valence-electron chi connectivity index (χ4n) is 2.58. The minimum atomic E-state index is -0.771. The van der Waals surface area contributed by atoms with Gasteiger partial charge in [-0.3, -0.25) is 0 Å². The molecule has 1 saturated carbocycles. The second kappa shape index (κ2) is 8.45. The predicted molar refractivity (Wildman–Crippen MR) is 80.9 cm³/mol. The molecule has 1 aromatic rings. The average Bonchev–Trinajstić information content (AvgIpc) is 2.55. The number of hydrogen-bond acceptors (Lipinski definition) is 2. The van der Waals surface area contributed by atoms with Gasteiger partial charge in [0.25, 0.3) is 0 Å². The van der Waals surface area contributed by atoms with Crippen LogP contribution >= 0.6 is 0 Å². The van der Waals surface area contributed by atoms with Crippen molar-refractivity contribution >= 4 is 0 Å². The Morgan fingerprint density at radius 1 is 1.23 bits per heavy atom. The van der Waals surface area contributed by atoms with Crippen LogP contribution in [0.4, 0.5) is 8.78 Å². The van der Waals surface area contributed by atoms with E-state index in [-0.39, 0.29) is 11.9 Å². The van der Waals surface area contributed by atoms with Crippen molar-refractivity contribution in [2.45, 2.75) is 38.4 Å². The Kier molecular flexibility index (Phi) is 6.29. The maximum Gasteiger partial charge on any atom is 0.199 e. The smallest absolute Gasteiger partial charge is 0.199 e. The van der Waals surface area contributed by atoms with E-state index in [2.05, 4.69) is 0 Å². The summed E-state index contributed by atoms with van der Waals surface area (Å²) in [5.41, 5.74) is 0.973. The molecule has 4 heteroatoms. The summed E-state index contributed by atoms with van der Waals surface area (Å²) in [5.74, 6) is -0.598. The lowest BCUT2D eigenvalue weighted by molar-refractivity contribution is 0.0110. The molecule has 0 atom stereocenters. The van der Waals surface area contributed by atoms with Crippen molar-refractivity contribution < 1.29 is 13.5 Å². The van der Waals surface area contributed by atoms with Crippen molar-refractivity contribution in [2.24, 2.45) is 5.92 Å². The van der Waals surface area contributed by atoms with Crippen LogP contribution in [-0.4, -0.2) is 6.10 Å². The van der Waals surface area contributed by atoms with Gasteiger partial charge in [0.05, 0.1) is 12.7 Å². The molecule has 0 aliphatic heterocycles. The first kappa shape index (κ1) is 16.4. The van der Waals surface area contributed by atoms with E-state index in [1.165, 1.54) is 24.3 Å². The molecule has 0 saturated heterocycles. The quantitative estimate of drug-likeness (QED) is 0.576. The fourth-order valence-corrected chi connectivity index (χ4v) is 2.58. The van der Waals surface area contributed by atoms with E-state index in [9.17, 15) is 8.78 Å². The lowest BCUT2D eigenvalue weighted by Gasteiger charge is -2.26. The number of allylic oxidation sites excluding steroid dienone is 4. The van der Waals surface area contributed by atoms with Gasteiger partial charge >= 0.3 is 0 Å². The molecule has 2 nitrogen and oxygen atoms in total.